The van der Waals surface area contributed by atoms with E-state index in [1.54, 1.807) is 37.7 Å². The number of rotatable bonds is 4. The lowest BCUT2D eigenvalue weighted by atomic mass is 10.2. The van der Waals surface area contributed by atoms with E-state index in [0.29, 0.717) is 11.3 Å². The van der Waals surface area contributed by atoms with Gasteiger partial charge in [-0.15, -0.1) is 0 Å². The molecule has 0 fully saturated rings. The quantitative estimate of drug-likeness (QED) is 0.597. The summed E-state index contributed by atoms with van der Waals surface area (Å²) >= 11 is 0. The molecule has 0 aromatic heterocycles. The molecule has 5 heteroatoms. The van der Waals surface area contributed by atoms with Crippen molar-refractivity contribution in [2.75, 3.05) is 7.11 Å². The van der Waals surface area contributed by atoms with Gasteiger partial charge in [0.2, 0.25) is 0 Å². The molecule has 2 rings (SSSR count). The smallest absolute Gasteiger partial charge is 0.258 e. The first-order valence-corrected chi connectivity index (χ1v) is 5.45. The zero-order valence-electron chi connectivity index (χ0n) is 10.1. The van der Waals surface area contributed by atoms with E-state index in [1.165, 1.54) is 6.08 Å². The number of carbonyl (C=O) groups is 2. The molecule has 0 unspecified atom stereocenters. The lowest BCUT2D eigenvalue weighted by molar-refractivity contribution is -0.133. The summed E-state index contributed by atoms with van der Waals surface area (Å²) in [5, 5.41) is 0. The highest BCUT2D eigenvalue weighted by atomic mass is 16.5. The molecular weight excluding hydrogens is 246 g/mol. The first-order chi connectivity index (χ1) is 9.15. The molecule has 1 radical (unpaired) electrons. The van der Waals surface area contributed by atoms with Crippen molar-refractivity contribution in [1.82, 2.24) is 4.90 Å². The molecule has 95 valence electrons. The Morgan fingerprint density at radius 3 is 2.21 bits per heavy atom. The molecule has 0 aliphatic carbocycles. The van der Waals surface area contributed by atoms with Crippen LogP contribution >= 0.6 is 0 Å². The number of methoxy groups -OCH3 is 1. The number of amides is 2. The Kier molecular flexibility index (Phi) is 3.56. The number of ether oxygens (including phenoxy) is 1. The fourth-order valence-corrected chi connectivity index (χ4v) is 1.64. The number of hydrogen-bond acceptors (Lipinski definition) is 4. The molecule has 1 heterocycles. The normalized spacial score (nSPS) is 15.0. The minimum Gasteiger partial charge on any atom is -0.497 e. The minimum absolute atomic E-state index is 0.120. The maximum absolute atomic E-state index is 11.5. The third-order valence-electron chi connectivity index (χ3n) is 2.57. The van der Waals surface area contributed by atoms with Gasteiger partial charge in [-0.2, -0.15) is 0 Å². The molecule has 1 aromatic rings. The van der Waals surface area contributed by atoms with Crippen LogP contribution in [0.25, 0.3) is 6.08 Å². The molecule has 0 atom stereocenters. The Morgan fingerprint density at radius 2 is 1.74 bits per heavy atom. The highest BCUT2D eigenvalue weighted by Crippen LogP contribution is 2.17. The maximum Gasteiger partial charge on any atom is 0.258 e. The summed E-state index contributed by atoms with van der Waals surface area (Å²) in [7, 11) is 1.54. The Bertz CT molecular complexity index is 566. The predicted octanol–water partition coefficient (Wildman–Crippen LogP) is 1.07. The number of benzene rings is 1. The van der Waals surface area contributed by atoms with Crippen LogP contribution in [-0.4, -0.2) is 30.1 Å². The van der Waals surface area contributed by atoms with E-state index in [2.05, 4.69) is 0 Å². The summed E-state index contributed by atoms with van der Waals surface area (Å²) < 4.78 is 5.01. The monoisotopic (exact) mass is 256 g/mol. The van der Waals surface area contributed by atoms with Crippen LogP contribution < -0.4 is 4.74 Å². The number of hydrogen-bond donors (Lipinski definition) is 0. The number of nitrogens with zero attached hydrogens (tertiary/aromatic N) is 1. The Morgan fingerprint density at radius 1 is 1.16 bits per heavy atom. The fraction of sp³-hybridized carbons (Fsp3) is 0.0714. The maximum atomic E-state index is 11.5. The van der Waals surface area contributed by atoms with Crippen LogP contribution in [-0.2, 0) is 14.4 Å². The van der Waals surface area contributed by atoms with Gasteiger partial charge in [0.15, 0.2) is 0 Å². The van der Waals surface area contributed by atoms with E-state index in [-0.39, 0.29) is 5.70 Å². The summed E-state index contributed by atoms with van der Waals surface area (Å²) in [6, 6.07) is 6.82. The van der Waals surface area contributed by atoms with Crippen molar-refractivity contribution < 1.29 is 19.1 Å². The van der Waals surface area contributed by atoms with Crippen LogP contribution in [0.5, 0.6) is 5.75 Å². The van der Waals surface area contributed by atoms with Crippen LogP contribution in [0.1, 0.15) is 5.56 Å². The zero-order valence-corrected chi connectivity index (χ0v) is 10.1. The second-order valence-corrected chi connectivity index (χ2v) is 3.75. The van der Waals surface area contributed by atoms with Gasteiger partial charge in [0.1, 0.15) is 11.4 Å². The molecular formula is C14H10NO4. The molecule has 0 spiro atoms. The van der Waals surface area contributed by atoms with Gasteiger partial charge in [0, 0.05) is 12.2 Å². The van der Waals surface area contributed by atoms with Crippen molar-refractivity contribution in [2.24, 2.45) is 0 Å². The number of carbonyl (C=O) groups excluding carboxylic acids is 3. The first kappa shape index (κ1) is 12.8. The highest BCUT2D eigenvalue weighted by Gasteiger charge is 2.27. The summed E-state index contributed by atoms with van der Waals surface area (Å²) in [4.78, 5) is 34.6. The van der Waals surface area contributed by atoms with Gasteiger partial charge in [-0.25, -0.2) is 4.90 Å². The second-order valence-electron chi connectivity index (χ2n) is 3.75. The van der Waals surface area contributed by atoms with Crippen molar-refractivity contribution in [3.8, 4) is 5.75 Å². The van der Waals surface area contributed by atoms with Gasteiger partial charge in [0.05, 0.1) is 7.11 Å². The summed E-state index contributed by atoms with van der Waals surface area (Å²) in [5.41, 5.74) is 0.539. The third-order valence-corrected chi connectivity index (χ3v) is 2.57. The number of imide groups is 1. The summed E-state index contributed by atoms with van der Waals surface area (Å²) in [6.45, 7) is 0. The summed E-state index contributed by atoms with van der Waals surface area (Å²) in [6.07, 6.45) is 5.24. The van der Waals surface area contributed by atoms with Crippen LogP contribution in [0.3, 0.4) is 0 Å². The molecule has 0 N–H and O–H groups in total. The van der Waals surface area contributed by atoms with E-state index in [0.717, 1.165) is 17.1 Å². The summed E-state index contributed by atoms with van der Waals surface area (Å²) in [5.74, 6) is -0.426. The molecule has 5 nitrogen and oxygen atoms in total. The Balaban J connectivity index is 2.30. The molecule has 1 aliphatic rings. The van der Waals surface area contributed by atoms with Gasteiger partial charge < -0.3 is 4.74 Å². The molecule has 1 aromatic carbocycles. The van der Waals surface area contributed by atoms with Crippen molar-refractivity contribution in [1.29, 1.82) is 0 Å². The average molecular weight is 256 g/mol. The van der Waals surface area contributed by atoms with Crippen molar-refractivity contribution in [3.63, 3.8) is 0 Å². The van der Waals surface area contributed by atoms with Crippen LogP contribution in [0.2, 0.25) is 0 Å². The van der Waals surface area contributed by atoms with Crippen LogP contribution in [0, 0.1) is 0 Å². The van der Waals surface area contributed by atoms with Gasteiger partial charge in [-0.3, -0.25) is 14.4 Å². The van der Waals surface area contributed by atoms with Gasteiger partial charge in [0.25, 0.3) is 18.1 Å². The van der Waals surface area contributed by atoms with Crippen molar-refractivity contribution >= 4 is 24.2 Å². The molecule has 0 bridgehead atoms. The predicted molar refractivity (Wildman–Crippen MR) is 67.7 cm³/mol. The van der Waals surface area contributed by atoms with Crippen LogP contribution in [0.4, 0.5) is 0 Å². The largest absolute Gasteiger partial charge is 0.497 e. The molecule has 0 saturated heterocycles. The molecule has 1 aliphatic heterocycles. The second kappa shape index (κ2) is 5.30. The van der Waals surface area contributed by atoms with E-state index in [1.807, 2.05) is 0 Å². The van der Waals surface area contributed by atoms with E-state index in [4.69, 9.17) is 4.74 Å². The van der Waals surface area contributed by atoms with E-state index < -0.39 is 11.8 Å². The Hall–Kier alpha value is -2.69. The zero-order chi connectivity index (χ0) is 13.8. The molecule has 0 saturated carbocycles. The SMILES string of the molecule is COc1ccc(C=C([C]=O)N2C(=O)C=CC2=O)cc1. The van der Waals surface area contributed by atoms with E-state index in [9.17, 15) is 14.4 Å². The third kappa shape index (κ3) is 2.60. The molecule has 19 heavy (non-hydrogen) atoms. The topological polar surface area (TPSA) is 63.7 Å². The first-order valence-electron chi connectivity index (χ1n) is 5.45. The van der Waals surface area contributed by atoms with Gasteiger partial charge in [-0.1, -0.05) is 12.1 Å². The van der Waals surface area contributed by atoms with E-state index >= 15 is 0 Å². The van der Waals surface area contributed by atoms with Crippen molar-refractivity contribution in [2.45, 2.75) is 0 Å². The average Bonchev–Trinajstić information content (AvgIpc) is 2.76. The standard InChI is InChI=1S/C14H10NO4/c1-19-12-4-2-10(3-5-12)8-11(9-16)15-13(17)6-7-14(15)18/h2-8H,1H3. The van der Waals surface area contributed by atoms with Crippen LogP contribution in [0.15, 0.2) is 42.1 Å². The van der Waals surface area contributed by atoms with Gasteiger partial charge in [-0.05, 0) is 23.8 Å². The minimum atomic E-state index is -0.548. The fourth-order valence-electron chi connectivity index (χ4n) is 1.64. The Labute approximate surface area is 109 Å². The lowest BCUT2D eigenvalue weighted by Crippen LogP contribution is -2.29. The highest BCUT2D eigenvalue weighted by molar-refractivity contribution is 6.17. The number of allylic oxidation sites excluding steroid dienone is 1. The van der Waals surface area contributed by atoms with Crippen molar-refractivity contribution in [3.05, 3.63) is 47.7 Å². The lowest BCUT2D eigenvalue weighted by Gasteiger charge is -2.12. The molecule has 2 amide bonds. The van der Waals surface area contributed by atoms with Gasteiger partial charge >= 0.3 is 0 Å².